The van der Waals surface area contributed by atoms with E-state index in [2.05, 4.69) is 6.92 Å². The van der Waals surface area contributed by atoms with E-state index in [0.717, 1.165) is 6.42 Å². The smallest absolute Gasteiger partial charge is 0.0752 e. The van der Waals surface area contributed by atoms with Crippen LogP contribution in [0.4, 0.5) is 0 Å². The topological polar surface area (TPSA) is 55.5 Å². The number of aliphatic hydroxyl groups excluding tert-OH is 1. The van der Waals surface area contributed by atoms with Gasteiger partial charge in [0.2, 0.25) is 0 Å². The first-order valence-corrected chi connectivity index (χ1v) is 9.32. The second-order valence-electron chi connectivity index (χ2n) is 6.33. The lowest BCUT2D eigenvalue weighted by Gasteiger charge is -2.11. The maximum atomic E-state index is 8.88. The van der Waals surface area contributed by atoms with Gasteiger partial charge < -0.3 is 15.6 Å². The SMILES string of the molecule is CCCCCCCCCCCCC[C@@H](/C=C/[C@@H](N)CO)OC. The van der Waals surface area contributed by atoms with Crippen LogP contribution in [0, 0.1) is 0 Å². The maximum absolute atomic E-state index is 8.88. The van der Waals surface area contributed by atoms with Crippen LogP contribution in [-0.2, 0) is 4.74 Å². The monoisotopic (exact) mass is 313 g/mol. The van der Waals surface area contributed by atoms with Crippen LogP contribution in [-0.4, -0.2) is 31.0 Å². The van der Waals surface area contributed by atoms with E-state index >= 15 is 0 Å². The molecule has 0 bridgehead atoms. The molecule has 0 spiro atoms. The number of ether oxygens (including phenoxy) is 1. The molecule has 0 saturated carbocycles. The molecule has 0 fully saturated rings. The number of rotatable bonds is 16. The van der Waals surface area contributed by atoms with Crippen molar-refractivity contribution in [2.75, 3.05) is 13.7 Å². The zero-order valence-corrected chi connectivity index (χ0v) is 14.9. The van der Waals surface area contributed by atoms with Crippen LogP contribution in [0.1, 0.15) is 84.0 Å². The molecular weight excluding hydrogens is 274 g/mol. The zero-order valence-electron chi connectivity index (χ0n) is 14.9. The summed E-state index contributed by atoms with van der Waals surface area (Å²) in [5, 5.41) is 8.88. The second-order valence-corrected chi connectivity index (χ2v) is 6.33. The van der Waals surface area contributed by atoms with Crippen LogP contribution < -0.4 is 5.73 Å². The van der Waals surface area contributed by atoms with Crippen molar-refractivity contribution in [2.45, 2.75) is 96.1 Å². The van der Waals surface area contributed by atoms with Crippen LogP contribution in [0.3, 0.4) is 0 Å². The molecule has 132 valence electrons. The molecule has 0 unspecified atom stereocenters. The molecule has 0 radical (unpaired) electrons. The number of nitrogens with two attached hydrogens (primary N) is 1. The highest BCUT2D eigenvalue weighted by Gasteiger charge is 2.03. The number of aliphatic hydroxyl groups is 1. The average Bonchev–Trinajstić information content (AvgIpc) is 2.54. The fourth-order valence-electron chi connectivity index (χ4n) is 2.63. The molecule has 3 N–H and O–H groups in total. The molecule has 0 aromatic carbocycles. The van der Waals surface area contributed by atoms with E-state index in [-0.39, 0.29) is 18.8 Å². The minimum Gasteiger partial charge on any atom is -0.394 e. The molecule has 2 atom stereocenters. The molecule has 0 heterocycles. The summed E-state index contributed by atoms with van der Waals surface area (Å²) in [6, 6.07) is -0.269. The summed E-state index contributed by atoms with van der Waals surface area (Å²) in [7, 11) is 1.73. The Balaban J connectivity index is 3.38. The highest BCUT2D eigenvalue weighted by Crippen LogP contribution is 2.13. The van der Waals surface area contributed by atoms with Gasteiger partial charge in [-0.3, -0.25) is 0 Å². The molecule has 0 aliphatic heterocycles. The minimum atomic E-state index is -0.269. The van der Waals surface area contributed by atoms with Crippen LogP contribution in [0.25, 0.3) is 0 Å². The van der Waals surface area contributed by atoms with Gasteiger partial charge in [-0.25, -0.2) is 0 Å². The maximum Gasteiger partial charge on any atom is 0.0752 e. The summed E-state index contributed by atoms with van der Waals surface area (Å²) >= 11 is 0. The molecule has 0 aromatic rings. The zero-order chi connectivity index (χ0) is 16.5. The van der Waals surface area contributed by atoms with E-state index in [1.807, 2.05) is 12.2 Å². The summed E-state index contributed by atoms with van der Waals surface area (Å²) in [5.41, 5.74) is 5.64. The van der Waals surface area contributed by atoms with E-state index in [9.17, 15) is 0 Å². The van der Waals surface area contributed by atoms with Crippen LogP contribution in [0.5, 0.6) is 0 Å². The summed E-state index contributed by atoms with van der Waals surface area (Å²) < 4.78 is 5.41. The third-order valence-electron chi connectivity index (χ3n) is 4.18. The predicted octanol–water partition coefficient (Wildman–Crippen LogP) is 4.58. The van der Waals surface area contributed by atoms with Crippen molar-refractivity contribution < 1.29 is 9.84 Å². The first kappa shape index (κ1) is 21.6. The molecule has 0 amide bonds. The van der Waals surface area contributed by atoms with E-state index in [4.69, 9.17) is 15.6 Å². The van der Waals surface area contributed by atoms with Crippen molar-refractivity contribution in [3.8, 4) is 0 Å². The molecule has 0 aliphatic carbocycles. The van der Waals surface area contributed by atoms with Crippen LogP contribution in [0.15, 0.2) is 12.2 Å². The van der Waals surface area contributed by atoms with Gasteiger partial charge in [-0.05, 0) is 6.42 Å². The van der Waals surface area contributed by atoms with Gasteiger partial charge in [-0.1, -0.05) is 89.7 Å². The molecule has 3 heteroatoms. The van der Waals surface area contributed by atoms with E-state index in [1.165, 1.54) is 70.6 Å². The average molecular weight is 314 g/mol. The lowest BCUT2D eigenvalue weighted by Crippen LogP contribution is -2.22. The highest BCUT2D eigenvalue weighted by atomic mass is 16.5. The van der Waals surface area contributed by atoms with Gasteiger partial charge in [0.15, 0.2) is 0 Å². The number of hydrogen-bond acceptors (Lipinski definition) is 3. The molecule has 0 aromatic heterocycles. The van der Waals surface area contributed by atoms with E-state index < -0.39 is 0 Å². The Kier molecular flexibility index (Phi) is 16.7. The lowest BCUT2D eigenvalue weighted by molar-refractivity contribution is 0.130. The molecule has 3 nitrogen and oxygen atoms in total. The van der Waals surface area contributed by atoms with Crippen LogP contribution >= 0.6 is 0 Å². The highest BCUT2D eigenvalue weighted by molar-refractivity contribution is 4.96. The van der Waals surface area contributed by atoms with Crippen molar-refractivity contribution in [3.05, 3.63) is 12.2 Å². The number of hydrogen-bond donors (Lipinski definition) is 2. The third kappa shape index (κ3) is 14.6. The van der Waals surface area contributed by atoms with Crippen LogP contribution in [0.2, 0.25) is 0 Å². The van der Waals surface area contributed by atoms with Gasteiger partial charge in [0, 0.05) is 13.2 Å². The molecular formula is C19H39NO2. The Morgan fingerprint density at radius 1 is 0.864 bits per heavy atom. The van der Waals surface area contributed by atoms with Gasteiger partial charge in [0.05, 0.1) is 12.7 Å². The Bertz CT molecular complexity index is 244. The largest absolute Gasteiger partial charge is 0.394 e. The number of methoxy groups -OCH3 is 1. The molecule has 22 heavy (non-hydrogen) atoms. The summed E-state index contributed by atoms with van der Waals surface area (Å²) in [6.45, 7) is 2.26. The standard InChI is InChI=1S/C19H39NO2/c1-3-4-5-6-7-8-9-10-11-12-13-14-19(22-2)16-15-18(20)17-21/h15-16,18-19,21H,3-14,17,20H2,1-2H3/b16-15+/t18-,19+/m1/s1. The summed E-state index contributed by atoms with van der Waals surface area (Å²) in [4.78, 5) is 0. The molecule has 0 saturated heterocycles. The second kappa shape index (κ2) is 17.0. The van der Waals surface area contributed by atoms with Crippen molar-refractivity contribution in [1.29, 1.82) is 0 Å². The van der Waals surface area contributed by atoms with Crippen molar-refractivity contribution in [2.24, 2.45) is 5.73 Å². The Labute approximate surface area is 138 Å². The first-order chi connectivity index (χ1) is 10.7. The first-order valence-electron chi connectivity index (χ1n) is 9.32. The Hall–Kier alpha value is -0.380. The summed E-state index contributed by atoms with van der Waals surface area (Å²) in [5.74, 6) is 0. The Morgan fingerprint density at radius 2 is 1.36 bits per heavy atom. The quantitative estimate of drug-likeness (QED) is 0.324. The van der Waals surface area contributed by atoms with Crippen molar-refractivity contribution in [1.82, 2.24) is 0 Å². The fraction of sp³-hybridized carbons (Fsp3) is 0.895. The molecule has 0 rings (SSSR count). The van der Waals surface area contributed by atoms with E-state index in [1.54, 1.807) is 7.11 Å². The van der Waals surface area contributed by atoms with Crippen molar-refractivity contribution >= 4 is 0 Å². The fourth-order valence-corrected chi connectivity index (χ4v) is 2.63. The molecule has 0 aliphatic rings. The normalized spacial score (nSPS) is 14.5. The Morgan fingerprint density at radius 3 is 1.82 bits per heavy atom. The van der Waals surface area contributed by atoms with Crippen molar-refractivity contribution in [3.63, 3.8) is 0 Å². The summed E-state index contributed by atoms with van der Waals surface area (Å²) in [6.07, 6.45) is 20.0. The van der Waals surface area contributed by atoms with Gasteiger partial charge in [-0.15, -0.1) is 0 Å². The van der Waals surface area contributed by atoms with Gasteiger partial charge in [0.25, 0.3) is 0 Å². The van der Waals surface area contributed by atoms with Gasteiger partial charge in [0.1, 0.15) is 0 Å². The number of unbranched alkanes of at least 4 members (excludes halogenated alkanes) is 10. The lowest BCUT2D eigenvalue weighted by atomic mass is 10.0. The van der Waals surface area contributed by atoms with Gasteiger partial charge in [-0.2, -0.15) is 0 Å². The third-order valence-corrected chi connectivity index (χ3v) is 4.18. The van der Waals surface area contributed by atoms with Gasteiger partial charge >= 0.3 is 0 Å². The minimum absolute atomic E-state index is 0.00855. The van der Waals surface area contributed by atoms with E-state index in [0.29, 0.717) is 0 Å². The predicted molar refractivity (Wildman–Crippen MR) is 96.1 cm³/mol.